The number of rotatable bonds is 9. The highest BCUT2D eigenvalue weighted by molar-refractivity contribution is 6.51. The average Bonchev–Trinajstić information content (AvgIpc) is 2.40. The molecule has 100 valence electrons. The maximum atomic E-state index is 12.8. The first-order chi connectivity index (χ1) is 8.76. The first-order valence-corrected chi connectivity index (χ1v) is 7.12. The zero-order chi connectivity index (χ0) is 13.2. The zero-order valence-electron chi connectivity index (χ0n) is 11.6. The van der Waals surface area contributed by atoms with Gasteiger partial charge < -0.3 is 4.65 Å². The molecular weight excluding hydrogens is 226 g/mol. The lowest BCUT2D eigenvalue weighted by Gasteiger charge is -2.14. The van der Waals surface area contributed by atoms with Gasteiger partial charge in [0.2, 0.25) is 0 Å². The summed E-state index contributed by atoms with van der Waals surface area (Å²) in [4.78, 5) is 0. The molecule has 0 fully saturated rings. The van der Waals surface area contributed by atoms with Gasteiger partial charge >= 0.3 is 0 Å². The molecule has 0 saturated carbocycles. The Bertz CT molecular complexity index is 305. The second-order valence-electron chi connectivity index (χ2n) is 4.84. The van der Waals surface area contributed by atoms with Gasteiger partial charge in [0, 0.05) is 0 Å². The van der Waals surface area contributed by atoms with Gasteiger partial charge in [-0.25, -0.2) is 4.39 Å². The molecule has 0 bridgehead atoms. The Morgan fingerprint density at radius 2 is 1.56 bits per heavy atom. The Hall–Kier alpha value is -0.825. The second kappa shape index (κ2) is 9.15. The lowest BCUT2D eigenvalue weighted by molar-refractivity contribution is 0.304. The second-order valence-corrected chi connectivity index (χ2v) is 4.84. The monoisotopic (exact) mass is 250 g/mol. The highest BCUT2D eigenvalue weighted by Crippen LogP contribution is 2.13. The minimum atomic E-state index is -0.188. The van der Waals surface area contributed by atoms with E-state index in [2.05, 4.69) is 13.8 Å². The largest absolute Gasteiger partial charge is 0.432 e. The molecule has 0 aliphatic carbocycles. The van der Waals surface area contributed by atoms with E-state index in [1.54, 1.807) is 12.1 Å². The number of hydrogen-bond acceptors (Lipinski definition) is 1. The standard InChI is InChI=1S/C15H24BFO/c1-3-5-11-16(12-6-4-2)18-13-14-7-9-15(17)10-8-14/h7-10H,3-6,11-13H2,1-2H3. The summed E-state index contributed by atoms with van der Waals surface area (Å²) in [5, 5.41) is 0. The molecule has 0 N–H and O–H groups in total. The molecule has 0 unspecified atom stereocenters. The minimum absolute atomic E-state index is 0.188. The van der Waals surface area contributed by atoms with Crippen LogP contribution in [-0.4, -0.2) is 6.92 Å². The van der Waals surface area contributed by atoms with Gasteiger partial charge in [0.1, 0.15) is 5.82 Å². The SMILES string of the molecule is CCCCB(CCCC)OCc1ccc(F)cc1. The van der Waals surface area contributed by atoms with Crippen LogP contribution >= 0.6 is 0 Å². The number of hydrogen-bond donors (Lipinski definition) is 0. The lowest BCUT2D eigenvalue weighted by atomic mass is 9.59. The van der Waals surface area contributed by atoms with Crippen molar-refractivity contribution in [2.75, 3.05) is 0 Å². The van der Waals surface area contributed by atoms with E-state index in [9.17, 15) is 4.39 Å². The van der Waals surface area contributed by atoms with Crippen molar-refractivity contribution >= 4 is 6.92 Å². The predicted molar refractivity (Wildman–Crippen MR) is 76.4 cm³/mol. The van der Waals surface area contributed by atoms with Crippen molar-refractivity contribution in [3.8, 4) is 0 Å². The van der Waals surface area contributed by atoms with E-state index in [4.69, 9.17) is 4.65 Å². The summed E-state index contributed by atoms with van der Waals surface area (Å²) in [5.41, 5.74) is 1.05. The maximum Gasteiger partial charge on any atom is 0.293 e. The van der Waals surface area contributed by atoms with Crippen LogP contribution in [0.3, 0.4) is 0 Å². The summed E-state index contributed by atoms with van der Waals surface area (Å²) >= 11 is 0. The summed E-state index contributed by atoms with van der Waals surface area (Å²) in [6.45, 7) is 5.36. The number of benzene rings is 1. The van der Waals surface area contributed by atoms with Crippen molar-refractivity contribution in [2.24, 2.45) is 0 Å². The van der Waals surface area contributed by atoms with E-state index >= 15 is 0 Å². The van der Waals surface area contributed by atoms with Crippen molar-refractivity contribution in [3.63, 3.8) is 0 Å². The number of halogens is 1. The Morgan fingerprint density at radius 3 is 2.06 bits per heavy atom. The molecule has 1 nitrogen and oxygen atoms in total. The van der Waals surface area contributed by atoms with Crippen molar-refractivity contribution in [3.05, 3.63) is 35.6 Å². The fourth-order valence-corrected chi connectivity index (χ4v) is 1.97. The van der Waals surface area contributed by atoms with Crippen molar-refractivity contribution in [1.29, 1.82) is 0 Å². The van der Waals surface area contributed by atoms with Crippen LogP contribution in [-0.2, 0) is 11.3 Å². The van der Waals surface area contributed by atoms with Gasteiger partial charge in [0.15, 0.2) is 0 Å². The molecule has 3 heteroatoms. The third-order valence-corrected chi connectivity index (χ3v) is 3.16. The molecule has 0 aliphatic rings. The normalized spacial score (nSPS) is 10.6. The van der Waals surface area contributed by atoms with Crippen LogP contribution in [0.15, 0.2) is 24.3 Å². The Kier molecular flexibility index (Phi) is 7.74. The molecule has 0 amide bonds. The molecule has 1 aromatic carbocycles. The van der Waals surface area contributed by atoms with Crippen LogP contribution in [0.5, 0.6) is 0 Å². The lowest BCUT2D eigenvalue weighted by Crippen LogP contribution is -2.17. The highest BCUT2D eigenvalue weighted by Gasteiger charge is 2.14. The first-order valence-electron chi connectivity index (χ1n) is 7.12. The highest BCUT2D eigenvalue weighted by atomic mass is 19.1. The zero-order valence-corrected chi connectivity index (χ0v) is 11.6. The van der Waals surface area contributed by atoms with Gasteiger partial charge in [-0.2, -0.15) is 0 Å². The van der Waals surface area contributed by atoms with E-state index in [1.807, 2.05) is 0 Å². The van der Waals surface area contributed by atoms with Gasteiger partial charge in [-0.3, -0.25) is 0 Å². The van der Waals surface area contributed by atoms with Crippen LogP contribution in [0, 0.1) is 5.82 Å². The van der Waals surface area contributed by atoms with Crippen LogP contribution in [0.4, 0.5) is 4.39 Å². The van der Waals surface area contributed by atoms with Gasteiger partial charge in [-0.05, 0) is 30.3 Å². The van der Waals surface area contributed by atoms with Gasteiger partial charge in [-0.15, -0.1) is 0 Å². The Labute approximate surface area is 111 Å². The average molecular weight is 250 g/mol. The maximum absolute atomic E-state index is 12.8. The molecule has 18 heavy (non-hydrogen) atoms. The van der Waals surface area contributed by atoms with E-state index in [-0.39, 0.29) is 5.82 Å². The van der Waals surface area contributed by atoms with E-state index in [1.165, 1.54) is 37.8 Å². The number of unbranched alkanes of at least 4 members (excludes halogenated alkanes) is 2. The molecule has 1 aromatic rings. The molecule has 0 aromatic heterocycles. The van der Waals surface area contributed by atoms with Crippen LogP contribution < -0.4 is 0 Å². The van der Waals surface area contributed by atoms with Crippen molar-refractivity contribution < 1.29 is 9.04 Å². The van der Waals surface area contributed by atoms with E-state index < -0.39 is 0 Å². The fourth-order valence-electron chi connectivity index (χ4n) is 1.97. The van der Waals surface area contributed by atoms with E-state index in [0.717, 1.165) is 18.2 Å². The van der Waals surface area contributed by atoms with Gasteiger partial charge in [-0.1, -0.05) is 51.7 Å². The molecule has 0 spiro atoms. The molecule has 0 heterocycles. The smallest absolute Gasteiger partial charge is 0.293 e. The molecule has 0 radical (unpaired) electrons. The van der Waals surface area contributed by atoms with Crippen LogP contribution in [0.25, 0.3) is 0 Å². The van der Waals surface area contributed by atoms with Crippen LogP contribution in [0.2, 0.25) is 12.6 Å². The quantitative estimate of drug-likeness (QED) is 0.564. The third-order valence-electron chi connectivity index (χ3n) is 3.16. The summed E-state index contributed by atoms with van der Waals surface area (Å²) < 4.78 is 18.7. The summed E-state index contributed by atoms with van der Waals surface area (Å²) in [5.74, 6) is -0.188. The molecule has 0 aliphatic heterocycles. The topological polar surface area (TPSA) is 9.23 Å². The molecule has 0 atom stereocenters. The van der Waals surface area contributed by atoms with Gasteiger partial charge in [0.25, 0.3) is 6.92 Å². The summed E-state index contributed by atoms with van der Waals surface area (Å²) in [6, 6.07) is 6.58. The Morgan fingerprint density at radius 1 is 1.00 bits per heavy atom. The summed E-state index contributed by atoms with van der Waals surface area (Å²) in [6.07, 6.45) is 7.13. The third kappa shape index (κ3) is 6.20. The molecule has 0 saturated heterocycles. The first kappa shape index (κ1) is 15.2. The molecule has 1 rings (SSSR count). The fraction of sp³-hybridized carbons (Fsp3) is 0.600. The van der Waals surface area contributed by atoms with Crippen molar-refractivity contribution in [2.45, 2.75) is 58.8 Å². The van der Waals surface area contributed by atoms with Gasteiger partial charge in [0.05, 0.1) is 6.61 Å². The predicted octanol–water partition coefficient (Wildman–Crippen LogP) is 4.93. The molecular formula is C15H24BFO. The minimum Gasteiger partial charge on any atom is -0.432 e. The Balaban J connectivity index is 2.37. The van der Waals surface area contributed by atoms with E-state index in [0.29, 0.717) is 13.5 Å². The van der Waals surface area contributed by atoms with Crippen molar-refractivity contribution in [1.82, 2.24) is 0 Å². The van der Waals surface area contributed by atoms with Crippen LogP contribution in [0.1, 0.15) is 45.1 Å². The summed E-state index contributed by atoms with van der Waals surface area (Å²) in [7, 11) is 0.